The number of primary sulfonamides is 1. The standard InChI is InChI=1S/C29H41F3N2O6S/c1-28(2)39-20-23-17-22(10-11-27(23)40-28)26(35)19-34-12-6-3-4-7-13-38-14-8-5-9-21-15-24(29(30,31)32)18-25(16-21)41(33,36)37/h10-11,15-18,26,34-35H,3-9,12-14,19-20H2,1-2H3,(H2,33,36,37)/t26-/m1/s1. The molecule has 0 bridgehead atoms. The Morgan fingerprint density at radius 1 is 1.05 bits per heavy atom. The van der Waals surface area contributed by atoms with Gasteiger partial charge in [-0.2, -0.15) is 13.2 Å². The molecule has 230 valence electrons. The van der Waals surface area contributed by atoms with E-state index in [2.05, 4.69) is 5.32 Å². The number of fused-ring (bicyclic) bond motifs is 1. The van der Waals surface area contributed by atoms with Gasteiger partial charge in [0.1, 0.15) is 5.75 Å². The number of aliphatic hydroxyl groups excluding tert-OH is 1. The van der Waals surface area contributed by atoms with Crippen LogP contribution in [0.5, 0.6) is 5.75 Å². The molecule has 0 radical (unpaired) electrons. The quantitative estimate of drug-likeness (QED) is 0.225. The Hall–Kier alpha value is -2.22. The van der Waals surface area contributed by atoms with Crippen molar-refractivity contribution in [2.45, 2.75) is 88.4 Å². The van der Waals surface area contributed by atoms with Gasteiger partial charge in [0.15, 0.2) is 0 Å². The molecule has 0 aliphatic carbocycles. The smallest absolute Gasteiger partial charge is 0.416 e. The van der Waals surface area contributed by atoms with Crippen LogP contribution in [-0.2, 0) is 38.7 Å². The van der Waals surface area contributed by atoms with Crippen molar-refractivity contribution in [1.82, 2.24) is 5.32 Å². The van der Waals surface area contributed by atoms with Gasteiger partial charge in [0.2, 0.25) is 15.8 Å². The number of ether oxygens (including phenoxy) is 3. The largest absolute Gasteiger partial charge is 0.463 e. The zero-order valence-electron chi connectivity index (χ0n) is 23.6. The van der Waals surface area contributed by atoms with Crippen LogP contribution >= 0.6 is 0 Å². The summed E-state index contributed by atoms with van der Waals surface area (Å²) in [4.78, 5) is -0.533. The van der Waals surface area contributed by atoms with E-state index in [1.165, 1.54) is 6.07 Å². The minimum absolute atomic E-state index is 0.279. The Balaban J connectivity index is 1.21. The van der Waals surface area contributed by atoms with E-state index in [9.17, 15) is 26.7 Å². The highest BCUT2D eigenvalue weighted by atomic mass is 32.2. The van der Waals surface area contributed by atoms with Crippen molar-refractivity contribution >= 4 is 10.0 Å². The number of nitrogens with one attached hydrogen (secondary N) is 1. The molecule has 0 saturated carbocycles. The zero-order valence-corrected chi connectivity index (χ0v) is 24.5. The van der Waals surface area contributed by atoms with Crippen LogP contribution in [0, 0.1) is 0 Å². The number of halogens is 3. The van der Waals surface area contributed by atoms with E-state index in [0.29, 0.717) is 51.7 Å². The van der Waals surface area contributed by atoms with Gasteiger partial charge >= 0.3 is 6.18 Å². The Labute approximate surface area is 240 Å². The molecule has 2 aromatic rings. The molecule has 8 nitrogen and oxygen atoms in total. The minimum atomic E-state index is -4.65. The highest BCUT2D eigenvalue weighted by molar-refractivity contribution is 7.89. The van der Waals surface area contributed by atoms with Crippen molar-refractivity contribution in [3.05, 3.63) is 58.7 Å². The second-order valence-electron chi connectivity index (χ2n) is 10.8. The molecule has 0 amide bonds. The maximum Gasteiger partial charge on any atom is 0.416 e. The van der Waals surface area contributed by atoms with Gasteiger partial charge < -0.3 is 24.6 Å². The summed E-state index contributed by atoms with van der Waals surface area (Å²) in [5.74, 6) is 0.135. The van der Waals surface area contributed by atoms with E-state index >= 15 is 0 Å². The van der Waals surface area contributed by atoms with Gasteiger partial charge in [0.05, 0.1) is 23.2 Å². The number of aryl methyl sites for hydroxylation is 1. The summed E-state index contributed by atoms with van der Waals surface area (Å²) >= 11 is 0. The van der Waals surface area contributed by atoms with Gasteiger partial charge in [0.25, 0.3) is 0 Å². The SMILES string of the molecule is CC1(C)OCc2cc([C@H](O)CNCCCCCCOCCCCc3cc(C(F)(F)F)cc(S(N)(=O)=O)c3)ccc2O1. The van der Waals surface area contributed by atoms with E-state index in [0.717, 1.165) is 55.2 Å². The maximum absolute atomic E-state index is 13.1. The summed E-state index contributed by atoms with van der Waals surface area (Å²) < 4.78 is 79.5. The maximum atomic E-state index is 13.1. The highest BCUT2D eigenvalue weighted by Gasteiger charge is 2.32. The topological polar surface area (TPSA) is 120 Å². The third kappa shape index (κ3) is 11.2. The second kappa shape index (κ2) is 14.8. The summed E-state index contributed by atoms with van der Waals surface area (Å²) in [6.07, 6.45) is 0.156. The molecule has 1 aliphatic rings. The monoisotopic (exact) mass is 602 g/mol. The average molecular weight is 603 g/mol. The number of sulfonamides is 1. The van der Waals surface area contributed by atoms with Gasteiger partial charge in [-0.05, 0) is 80.1 Å². The molecule has 4 N–H and O–H groups in total. The molecule has 1 atom stereocenters. The average Bonchev–Trinajstić information content (AvgIpc) is 2.89. The lowest BCUT2D eigenvalue weighted by atomic mass is 10.0. The number of hydrogen-bond acceptors (Lipinski definition) is 7. The molecule has 3 rings (SSSR count). The lowest BCUT2D eigenvalue weighted by Gasteiger charge is -2.33. The van der Waals surface area contributed by atoms with Crippen LogP contribution < -0.4 is 15.2 Å². The lowest BCUT2D eigenvalue weighted by molar-refractivity contribution is -0.180. The highest BCUT2D eigenvalue weighted by Crippen LogP contribution is 2.33. The summed E-state index contributed by atoms with van der Waals surface area (Å²) in [7, 11) is -4.23. The van der Waals surface area contributed by atoms with E-state index < -0.39 is 38.5 Å². The van der Waals surface area contributed by atoms with Crippen LogP contribution in [0.4, 0.5) is 13.2 Å². The van der Waals surface area contributed by atoms with E-state index in [4.69, 9.17) is 19.3 Å². The first-order chi connectivity index (χ1) is 19.2. The van der Waals surface area contributed by atoms with Crippen molar-refractivity contribution in [2.75, 3.05) is 26.3 Å². The van der Waals surface area contributed by atoms with Gasteiger partial charge in [0, 0.05) is 39.2 Å². The van der Waals surface area contributed by atoms with Crippen molar-refractivity contribution < 1.29 is 40.9 Å². The molecular formula is C29H41F3N2O6S. The second-order valence-corrected chi connectivity index (χ2v) is 12.3. The number of hydrogen-bond donors (Lipinski definition) is 3. The van der Waals surface area contributed by atoms with Crippen molar-refractivity contribution in [1.29, 1.82) is 0 Å². The third-order valence-corrected chi connectivity index (χ3v) is 7.65. The Morgan fingerprint density at radius 2 is 1.76 bits per heavy atom. The van der Waals surface area contributed by atoms with Gasteiger partial charge in [-0.3, -0.25) is 0 Å². The zero-order chi connectivity index (χ0) is 30.1. The molecule has 12 heteroatoms. The predicted molar refractivity (Wildman–Crippen MR) is 149 cm³/mol. The first-order valence-corrected chi connectivity index (χ1v) is 15.5. The number of nitrogens with two attached hydrogens (primary N) is 1. The fourth-order valence-corrected chi connectivity index (χ4v) is 5.10. The van der Waals surface area contributed by atoms with Crippen LogP contribution in [0.3, 0.4) is 0 Å². The fourth-order valence-electron chi connectivity index (χ4n) is 4.50. The predicted octanol–water partition coefficient (Wildman–Crippen LogP) is 5.22. The summed E-state index contributed by atoms with van der Waals surface area (Å²) in [6.45, 7) is 6.53. The molecule has 0 fully saturated rings. The van der Waals surface area contributed by atoms with Crippen LogP contribution in [-0.4, -0.2) is 45.6 Å². The first kappa shape index (κ1) is 33.3. The molecule has 41 heavy (non-hydrogen) atoms. The van der Waals surface area contributed by atoms with Gasteiger partial charge in [-0.25, -0.2) is 13.6 Å². The van der Waals surface area contributed by atoms with Crippen molar-refractivity contribution in [3.8, 4) is 5.75 Å². The van der Waals surface area contributed by atoms with Gasteiger partial charge in [-0.15, -0.1) is 0 Å². The Bertz CT molecular complexity index is 1240. The molecular weight excluding hydrogens is 561 g/mol. The number of alkyl halides is 3. The summed E-state index contributed by atoms with van der Waals surface area (Å²) in [5, 5.41) is 18.8. The number of aliphatic hydroxyl groups is 1. The van der Waals surface area contributed by atoms with E-state index in [1.54, 1.807) is 0 Å². The molecule has 2 aromatic carbocycles. The number of unbranched alkanes of at least 4 members (excludes halogenated alkanes) is 4. The lowest BCUT2D eigenvalue weighted by Crippen LogP contribution is -2.35. The van der Waals surface area contributed by atoms with Crippen LogP contribution in [0.25, 0.3) is 0 Å². The fraction of sp³-hybridized carbons (Fsp3) is 0.586. The molecule has 0 aromatic heterocycles. The molecule has 0 spiro atoms. The first-order valence-electron chi connectivity index (χ1n) is 13.9. The summed E-state index contributed by atoms with van der Waals surface area (Å²) in [5.41, 5.74) is 1.01. The van der Waals surface area contributed by atoms with Crippen molar-refractivity contribution in [3.63, 3.8) is 0 Å². The van der Waals surface area contributed by atoms with Crippen LogP contribution in [0.2, 0.25) is 0 Å². The van der Waals surface area contributed by atoms with Crippen LogP contribution in [0.1, 0.15) is 80.7 Å². The van der Waals surface area contributed by atoms with Crippen molar-refractivity contribution in [2.24, 2.45) is 5.14 Å². The minimum Gasteiger partial charge on any atom is -0.463 e. The normalized spacial score (nSPS) is 15.8. The summed E-state index contributed by atoms with van der Waals surface area (Å²) in [6, 6.07) is 8.40. The van der Waals surface area contributed by atoms with Gasteiger partial charge in [-0.1, -0.05) is 18.9 Å². The van der Waals surface area contributed by atoms with Crippen LogP contribution in [0.15, 0.2) is 41.3 Å². The van der Waals surface area contributed by atoms with E-state index in [1.807, 2.05) is 32.0 Å². The number of rotatable bonds is 16. The molecule has 1 aliphatic heterocycles. The van der Waals surface area contributed by atoms with E-state index in [-0.39, 0.29) is 5.56 Å². The molecule has 0 saturated heterocycles. The Morgan fingerprint density at radius 3 is 2.46 bits per heavy atom. The third-order valence-electron chi connectivity index (χ3n) is 6.76. The number of benzene rings is 2. The molecule has 0 unspecified atom stereocenters. The molecule has 1 heterocycles. The Kier molecular flexibility index (Phi) is 12.0.